The van der Waals surface area contributed by atoms with E-state index in [1.54, 1.807) is 36.4 Å². The number of phenols is 8. The maximum absolute atomic E-state index is 10.4. The van der Waals surface area contributed by atoms with Gasteiger partial charge in [-0.25, -0.2) is 0 Å². The van der Waals surface area contributed by atoms with Crippen LogP contribution in [0.5, 0.6) is 57.5 Å². The normalized spacial score (nSPS) is 11.5. The molecule has 0 aliphatic rings. The SMILES string of the molecule is CC(C)(c1cc(Cl)c(O)c(Cl)c1)c1cc(Cl)c(O)c(Cl)c1.CCC.COc1cc(C(C)(C)c2ccc(O)c(OC)c2)ccc1O.Cc1c(C)c(C(C)(C)c2c(C)c(C)c(O)c(C)c2C)c(C)c(C)c1O.Cc1cc(C(C)(C)c2cc(C)c(O)c(C)c2)cc(C)c1O. The van der Waals surface area contributed by atoms with Gasteiger partial charge < -0.3 is 50.3 Å². The third-order valence-corrected chi connectivity index (χ3v) is 19.3. The zero-order valence-corrected chi connectivity index (χ0v) is 60.7. The van der Waals surface area contributed by atoms with Crippen LogP contribution in [0, 0.1) is 83.1 Å². The van der Waals surface area contributed by atoms with Crippen LogP contribution in [0.15, 0.2) is 84.9 Å². The van der Waals surface area contributed by atoms with Gasteiger partial charge in [0.25, 0.3) is 0 Å². The van der Waals surface area contributed by atoms with Crippen LogP contribution in [-0.2, 0) is 21.7 Å². The molecule has 0 bridgehead atoms. The maximum atomic E-state index is 10.4. The molecule has 8 aromatic carbocycles. The fraction of sp³-hybridized carbons (Fsp3) is 0.377. The molecule has 8 aromatic rings. The molecule has 0 radical (unpaired) electrons. The molecule has 91 heavy (non-hydrogen) atoms. The van der Waals surface area contributed by atoms with Gasteiger partial charge in [-0.1, -0.05) is 158 Å². The zero-order valence-electron chi connectivity index (χ0n) is 57.7. The van der Waals surface area contributed by atoms with Crippen LogP contribution in [-0.4, -0.2) is 55.1 Å². The summed E-state index contributed by atoms with van der Waals surface area (Å²) in [6.45, 7) is 45.2. The summed E-state index contributed by atoms with van der Waals surface area (Å²) in [4.78, 5) is 0. The van der Waals surface area contributed by atoms with Crippen molar-refractivity contribution in [3.8, 4) is 57.5 Å². The summed E-state index contributed by atoms with van der Waals surface area (Å²) in [6.07, 6.45) is 1.25. The summed E-state index contributed by atoms with van der Waals surface area (Å²) >= 11 is 23.9. The number of aromatic hydroxyl groups is 8. The molecule has 0 aliphatic carbocycles. The van der Waals surface area contributed by atoms with Gasteiger partial charge in [-0.05, 0) is 243 Å². The standard InChI is InChI=1S/C23H32O2.C19H24O2.C17H20O4.C15H12Cl4O2.C3H8/c1-11-15(5)21(24)16(6)12(2)19(11)23(9,10)20-13(3)17(7)22(25)18(8)14(20)4;1-11-7-15(8-12(2)17(11)20)19(5,6)16-9-13(3)18(21)14(4)10-16;1-17(2,11-5-7-13(18)15(9-11)20-3)12-6-8-14(19)16(10-12)21-4;1-15(2,7-3-9(16)13(20)10(17)4-7)8-5-11(18)14(21)12(19)6-8;1-3-2/h24-25H,1-10H3;7-10,20-21H,1-6H3;5-10,18-19H,1-4H3;3-6,20-21H,1-2H3;3H2,1-2H3. The first-order valence-electron chi connectivity index (χ1n) is 30.3. The average molecular weight is 1320 g/mol. The fourth-order valence-electron chi connectivity index (χ4n) is 11.7. The molecule has 0 fully saturated rings. The Bertz CT molecular complexity index is 3450. The van der Waals surface area contributed by atoms with Gasteiger partial charge in [0.1, 0.15) is 23.0 Å². The highest BCUT2D eigenvalue weighted by Gasteiger charge is 2.35. The summed E-state index contributed by atoms with van der Waals surface area (Å²) in [5, 5.41) is 80.2. The number of benzene rings is 8. The van der Waals surface area contributed by atoms with E-state index in [9.17, 15) is 40.9 Å². The Balaban J connectivity index is 0.000000256. The minimum Gasteiger partial charge on any atom is -0.507 e. The van der Waals surface area contributed by atoms with Crippen LogP contribution >= 0.6 is 46.4 Å². The number of phenolic OH excluding ortho intramolecular Hbond substituents is 8. The smallest absolute Gasteiger partial charge is 0.160 e. The van der Waals surface area contributed by atoms with E-state index in [1.165, 1.54) is 42.9 Å². The Morgan fingerprint density at radius 2 is 0.516 bits per heavy atom. The van der Waals surface area contributed by atoms with Gasteiger partial charge >= 0.3 is 0 Å². The predicted octanol–water partition coefficient (Wildman–Crippen LogP) is 21.4. The van der Waals surface area contributed by atoms with E-state index in [0.29, 0.717) is 34.5 Å². The van der Waals surface area contributed by atoms with Crippen molar-refractivity contribution in [2.45, 2.75) is 180 Å². The molecule has 8 rings (SSSR count). The third kappa shape index (κ3) is 16.2. The first-order valence-corrected chi connectivity index (χ1v) is 31.8. The predicted molar refractivity (Wildman–Crippen MR) is 379 cm³/mol. The van der Waals surface area contributed by atoms with Gasteiger partial charge in [0.05, 0.1) is 34.3 Å². The molecule has 0 amide bonds. The first kappa shape index (κ1) is 76.4. The molecular formula is C77H96Cl4O10. The summed E-state index contributed by atoms with van der Waals surface area (Å²) in [5.74, 6) is 2.33. The van der Waals surface area contributed by atoms with Crippen LogP contribution in [0.25, 0.3) is 0 Å². The van der Waals surface area contributed by atoms with Crippen LogP contribution in [0.2, 0.25) is 20.1 Å². The molecule has 0 aliphatic heterocycles. The van der Waals surface area contributed by atoms with E-state index in [0.717, 1.165) is 89.0 Å². The number of aryl methyl sites for hydroxylation is 4. The molecule has 0 atom stereocenters. The second-order valence-corrected chi connectivity index (χ2v) is 27.6. The number of rotatable bonds is 10. The van der Waals surface area contributed by atoms with Gasteiger partial charge in [-0.3, -0.25) is 0 Å². The average Bonchev–Trinajstić information content (AvgIpc) is 0.749. The molecule has 10 nitrogen and oxygen atoms in total. The Hall–Kier alpha value is -7.08. The van der Waals surface area contributed by atoms with Crippen molar-refractivity contribution in [1.82, 2.24) is 0 Å². The molecule has 0 spiro atoms. The molecule has 14 heteroatoms. The summed E-state index contributed by atoms with van der Waals surface area (Å²) in [7, 11) is 3.05. The van der Waals surface area contributed by atoms with E-state index in [4.69, 9.17) is 55.9 Å². The van der Waals surface area contributed by atoms with Gasteiger partial charge in [-0.2, -0.15) is 0 Å². The summed E-state index contributed by atoms with van der Waals surface area (Å²) in [6, 6.07) is 25.3. The highest BCUT2D eigenvalue weighted by Crippen LogP contribution is 2.48. The fourth-order valence-corrected chi connectivity index (χ4v) is 12.7. The topological polar surface area (TPSA) is 180 Å². The molecule has 0 heterocycles. The van der Waals surface area contributed by atoms with Crippen molar-refractivity contribution in [2.24, 2.45) is 0 Å². The largest absolute Gasteiger partial charge is 0.507 e. The van der Waals surface area contributed by atoms with Crippen molar-refractivity contribution in [3.63, 3.8) is 0 Å². The van der Waals surface area contributed by atoms with Crippen molar-refractivity contribution in [1.29, 1.82) is 0 Å². The Morgan fingerprint density at radius 3 is 0.747 bits per heavy atom. The number of ether oxygens (including phenoxy) is 2. The highest BCUT2D eigenvalue weighted by molar-refractivity contribution is 6.38. The second-order valence-electron chi connectivity index (χ2n) is 25.9. The molecular weight excluding hydrogens is 1230 g/mol. The first-order chi connectivity index (χ1) is 41.9. The summed E-state index contributed by atoms with van der Waals surface area (Å²) < 4.78 is 10.3. The van der Waals surface area contributed by atoms with Gasteiger partial charge in [0, 0.05) is 21.7 Å². The Morgan fingerprint density at radius 1 is 0.297 bits per heavy atom. The van der Waals surface area contributed by atoms with E-state index < -0.39 is 5.41 Å². The maximum Gasteiger partial charge on any atom is 0.160 e. The van der Waals surface area contributed by atoms with Gasteiger partial charge in [0.2, 0.25) is 0 Å². The molecule has 0 saturated carbocycles. The van der Waals surface area contributed by atoms with Crippen molar-refractivity contribution >= 4 is 46.4 Å². The molecule has 0 aromatic heterocycles. The number of halogens is 4. The zero-order chi connectivity index (χ0) is 69.7. The second kappa shape index (κ2) is 30.1. The minimum atomic E-state index is -0.526. The Labute approximate surface area is 561 Å². The number of hydrogen-bond donors (Lipinski definition) is 8. The van der Waals surface area contributed by atoms with Crippen molar-refractivity contribution in [2.75, 3.05) is 14.2 Å². The number of methoxy groups -OCH3 is 2. The van der Waals surface area contributed by atoms with Crippen LogP contribution in [0.3, 0.4) is 0 Å². The lowest BCUT2D eigenvalue weighted by Crippen LogP contribution is -2.26. The molecule has 492 valence electrons. The van der Waals surface area contributed by atoms with E-state index >= 15 is 0 Å². The lowest BCUT2D eigenvalue weighted by molar-refractivity contribution is 0.370. The minimum absolute atomic E-state index is 0.111. The summed E-state index contributed by atoms with van der Waals surface area (Å²) in [5.41, 5.74) is 19.1. The molecule has 8 N–H and O–H groups in total. The van der Waals surface area contributed by atoms with Crippen molar-refractivity contribution < 1.29 is 50.3 Å². The third-order valence-electron chi connectivity index (χ3n) is 18.1. The van der Waals surface area contributed by atoms with Gasteiger partial charge in [-0.15, -0.1) is 0 Å². The van der Waals surface area contributed by atoms with Crippen LogP contribution < -0.4 is 9.47 Å². The van der Waals surface area contributed by atoms with E-state index in [1.807, 2.05) is 118 Å². The highest BCUT2D eigenvalue weighted by atomic mass is 35.5. The lowest BCUT2D eigenvalue weighted by Gasteiger charge is -2.35. The Kier molecular flexibility index (Phi) is 25.3. The quantitative estimate of drug-likeness (QED) is 0.0657. The molecule has 0 unspecified atom stereocenters. The molecule has 0 saturated heterocycles. The van der Waals surface area contributed by atoms with E-state index in [2.05, 4.69) is 83.1 Å². The number of hydrogen-bond acceptors (Lipinski definition) is 10. The lowest BCUT2D eigenvalue weighted by atomic mass is 9.68. The van der Waals surface area contributed by atoms with Gasteiger partial charge in [0.15, 0.2) is 34.5 Å². The van der Waals surface area contributed by atoms with E-state index in [-0.39, 0.29) is 59.3 Å². The van der Waals surface area contributed by atoms with Crippen LogP contribution in [0.4, 0.5) is 0 Å². The van der Waals surface area contributed by atoms with Crippen LogP contribution in [0.1, 0.15) is 187 Å². The van der Waals surface area contributed by atoms with Crippen molar-refractivity contribution in [3.05, 3.63) is 216 Å². The monoisotopic (exact) mass is 1320 g/mol.